The monoisotopic (exact) mass is 411 g/mol. The molecule has 1 N–H and O–H groups in total. The summed E-state index contributed by atoms with van der Waals surface area (Å²) in [7, 11) is 0. The minimum absolute atomic E-state index is 0.203. The molecule has 154 valence electrons. The molecule has 2 aromatic heterocycles. The Labute approximate surface area is 178 Å². The van der Waals surface area contributed by atoms with E-state index in [1.807, 2.05) is 61.5 Å². The van der Waals surface area contributed by atoms with Crippen LogP contribution >= 0.6 is 0 Å². The smallest absolute Gasteiger partial charge is 0.258 e. The van der Waals surface area contributed by atoms with E-state index in [1.165, 1.54) is 11.9 Å². The van der Waals surface area contributed by atoms with E-state index in [0.717, 1.165) is 27.6 Å². The number of aromatic amines is 1. The highest BCUT2D eigenvalue weighted by atomic mass is 16.3. The zero-order chi connectivity index (χ0) is 21.5. The molecule has 0 radical (unpaired) electrons. The molecule has 4 aromatic rings. The highest BCUT2D eigenvalue weighted by molar-refractivity contribution is 6.12. The fraction of sp³-hybridized carbons (Fsp3) is 0.160. The molecule has 0 bridgehead atoms. The fourth-order valence-corrected chi connectivity index (χ4v) is 4.25. The zero-order valence-electron chi connectivity index (χ0n) is 17.3. The van der Waals surface area contributed by atoms with Crippen molar-refractivity contribution in [3.8, 4) is 11.1 Å². The van der Waals surface area contributed by atoms with Gasteiger partial charge in [0.1, 0.15) is 11.8 Å². The van der Waals surface area contributed by atoms with E-state index in [0.29, 0.717) is 23.5 Å². The largest absolute Gasteiger partial charge is 0.467 e. The van der Waals surface area contributed by atoms with Gasteiger partial charge >= 0.3 is 0 Å². The van der Waals surface area contributed by atoms with Gasteiger partial charge in [0.2, 0.25) is 5.91 Å². The quantitative estimate of drug-likeness (QED) is 0.526. The summed E-state index contributed by atoms with van der Waals surface area (Å²) >= 11 is 0. The number of benzene rings is 2. The molecule has 5 rings (SSSR count). The first-order valence-corrected chi connectivity index (χ1v) is 10.2. The van der Waals surface area contributed by atoms with E-state index in [-0.39, 0.29) is 17.5 Å². The van der Waals surface area contributed by atoms with Gasteiger partial charge < -0.3 is 9.40 Å². The molecule has 2 aromatic carbocycles. The molecular weight excluding hydrogens is 390 g/mol. The lowest BCUT2D eigenvalue weighted by Gasteiger charge is -2.17. The number of aromatic nitrogens is 1. The topological polar surface area (TPSA) is 78.7 Å². The number of hydrogen-bond acceptors (Lipinski definition) is 4. The Bertz CT molecular complexity index is 1370. The van der Waals surface area contributed by atoms with E-state index < -0.39 is 0 Å². The molecule has 0 spiro atoms. The number of carbonyl (C=O) groups excluding carboxylic acids is 1. The Hall–Kier alpha value is -3.93. The van der Waals surface area contributed by atoms with Crippen molar-refractivity contribution in [2.24, 2.45) is 5.10 Å². The predicted molar refractivity (Wildman–Crippen MR) is 120 cm³/mol. The van der Waals surface area contributed by atoms with E-state index in [9.17, 15) is 9.59 Å². The van der Waals surface area contributed by atoms with Crippen molar-refractivity contribution in [3.63, 3.8) is 0 Å². The van der Waals surface area contributed by atoms with Crippen molar-refractivity contribution in [2.75, 3.05) is 0 Å². The van der Waals surface area contributed by atoms with Crippen LogP contribution < -0.4 is 5.56 Å². The lowest BCUT2D eigenvalue weighted by molar-refractivity contribution is -0.130. The van der Waals surface area contributed by atoms with Crippen LogP contribution in [0.4, 0.5) is 0 Å². The van der Waals surface area contributed by atoms with Gasteiger partial charge in [0.25, 0.3) is 5.56 Å². The van der Waals surface area contributed by atoms with Gasteiger partial charge in [-0.15, -0.1) is 0 Å². The van der Waals surface area contributed by atoms with Gasteiger partial charge in [-0.05, 0) is 36.2 Å². The van der Waals surface area contributed by atoms with Gasteiger partial charge in [0, 0.05) is 29.8 Å². The molecule has 6 heteroatoms. The first-order valence-electron chi connectivity index (χ1n) is 10.2. The number of furan rings is 1. The van der Waals surface area contributed by atoms with E-state index >= 15 is 0 Å². The van der Waals surface area contributed by atoms with Crippen molar-refractivity contribution >= 4 is 22.5 Å². The van der Waals surface area contributed by atoms with E-state index in [4.69, 9.17) is 4.42 Å². The van der Waals surface area contributed by atoms with Gasteiger partial charge in [-0.3, -0.25) is 9.59 Å². The Morgan fingerprint density at radius 2 is 1.90 bits per heavy atom. The van der Waals surface area contributed by atoms with Gasteiger partial charge in [-0.1, -0.05) is 42.5 Å². The molecule has 3 heterocycles. The Balaban J connectivity index is 1.76. The zero-order valence-corrected chi connectivity index (χ0v) is 17.3. The summed E-state index contributed by atoms with van der Waals surface area (Å²) in [5, 5.41) is 6.93. The number of H-pyrrole nitrogens is 1. The van der Waals surface area contributed by atoms with Crippen LogP contribution in [0.2, 0.25) is 0 Å². The molecule has 1 aliphatic heterocycles. The van der Waals surface area contributed by atoms with Gasteiger partial charge in [0.05, 0.1) is 17.5 Å². The number of hydrogen-bond donors (Lipinski definition) is 1. The third-order valence-corrected chi connectivity index (χ3v) is 5.63. The molecule has 1 atom stereocenters. The third kappa shape index (κ3) is 3.26. The molecule has 0 fully saturated rings. The van der Waals surface area contributed by atoms with Crippen molar-refractivity contribution in [2.45, 2.75) is 26.3 Å². The third-order valence-electron chi connectivity index (χ3n) is 5.63. The number of nitrogens with one attached hydrogen (secondary N) is 1. The van der Waals surface area contributed by atoms with Crippen LogP contribution in [0, 0.1) is 6.92 Å². The van der Waals surface area contributed by atoms with Crippen molar-refractivity contribution in [1.29, 1.82) is 0 Å². The standard InChI is InChI=1S/C25H21N3O3/c1-15-10-11-18-19(13-15)26-25(30)24(23(18)17-7-4-3-5-8-17)20-14-21(22-9-6-12-31-22)28(27-20)16(2)29/h3-13,21H,14H2,1-2H3,(H,26,30)/t21-/m0/s1. The second-order valence-corrected chi connectivity index (χ2v) is 7.76. The summed E-state index contributed by atoms with van der Waals surface area (Å²) in [5.41, 5.74) is 4.42. The van der Waals surface area contributed by atoms with Crippen LogP contribution in [0.5, 0.6) is 0 Å². The maximum absolute atomic E-state index is 13.3. The van der Waals surface area contributed by atoms with Gasteiger partial charge in [-0.2, -0.15) is 5.10 Å². The Kier molecular flexibility index (Phi) is 4.55. The van der Waals surface area contributed by atoms with Gasteiger partial charge in [0.15, 0.2) is 0 Å². The Morgan fingerprint density at radius 3 is 2.61 bits per heavy atom. The normalized spacial score (nSPS) is 16.0. The van der Waals surface area contributed by atoms with E-state index in [2.05, 4.69) is 10.1 Å². The summed E-state index contributed by atoms with van der Waals surface area (Å²) in [6.07, 6.45) is 1.97. The molecular formula is C25H21N3O3. The van der Waals surface area contributed by atoms with Crippen LogP contribution in [0.25, 0.3) is 22.0 Å². The van der Waals surface area contributed by atoms with Gasteiger partial charge in [-0.25, -0.2) is 5.01 Å². The number of pyridine rings is 1. The SMILES string of the molecule is CC(=O)N1N=C(c2c(-c3ccccc3)c3ccc(C)cc3[nH]c2=O)C[C@H]1c1ccco1. The van der Waals surface area contributed by atoms with Crippen molar-refractivity contribution in [1.82, 2.24) is 9.99 Å². The first kappa shape index (κ1) is 19.1. The predicted octanol–water partition coefficient (Wildman–Crippen LogP) is 4.79. The van der Waals surface area contributed by atoms with E-state index in [1.54, 1.807) is 12.3 Å². The van der Waals surface area contributed by atoms with Crippen LogP contribution in [0.1, 0.15) is 36.3 Å². The maximum Gasteiger partial charge on any atom is 0.258 e. The molecule has 31 heavy (non-hydrogen) atoms. The highest BCUT2D eigenvalue weighted by Crippen LogP contribution is 2.37. The number of fused-ring (bicyclic) bond motifs is 1. The van der Waals surface area contributed by atoms with Crippen LogP contribution in [-0.4, -0.2) is 21.6 Å². The van der Waals surface area contributed by atoms with Crippen LogP contribution in [-0.2, 0) is 4.79 Å². The molecule has 0 aliphatic carbocycles. The second-order valence-electron chi connectivity index (χ2n) is 7.76. The molecule has 1 amide bonds. The second kappa shape index (κ2) is 7.40. The molecule has 1 aliphatic rings. The lowest BCUT2D eigenvalue weighted by Crippen LogP contribution is -2.23. The fourth-order valence-electron chi connectivity index (χ4n) is 4.25. The summed E-state index contributed by atoms with van der Waals surface area (Å²) in [4.78, 5) is 28.7. The summed E-state index contributed by atoms with van der Waals surface area (Å²) in [5.74, 6) is 0.438. The number of carbonyl (C=O) groups is 1. The number of nitrogens with zero attached hydrogens (tertiary/aromatic N) is 2. The van der Waals surface area contributed by atoms with Crippen LogP contribution in [0.15, 0.2) is 81.2 Å². The van der Waals surface area contributed by atoms with Crippen molar-refractivity contribution < 1.29 is 9.21 Å². The Morgan fingerprint density at radius 1 is 1.10 bits per heavy atom. The lowest BCUT2D eigenvalue weighted by atomic mass is 9.91. The summed E-state index contributed by atoms with van der Waals surface area (Å²) in [6.45, 7) is 3.46. The summed E-state index contributed by atoms with van der Waals surface area (Å²) in [6, 6.07) is 19.1. The number of aryl methyl sites for hydroxylation is 1. The first-order chi connectivity index (χ1) is 15.0. The van der Waals surface area contributed by atoms with Crippen LogP contribution in [0.3, 0.4) is 0 Å². The number of rotatable bonds is 3. The molecule has 0 saturated carbocycles. The minimum Gasteiger partial charge on any atom is -0.467 e. The molecule has 6 nitrogen and oxygen atoms in total. The average molecular weight is 411 g/mol. The summed E-state index contributed by atoms with van der Waals surface area (Å²) < 4.78 is 5.56. The highest BCUT2D eigenvalue weighted by Gasteiger charge is 2.35. The maximum atomic E-state index is 13.3. The number of amides is 1. The molecule has 0 saturated heterocycles. The van der Waals surface area contributed by atoms with Crippen molar-refractivity contribution in [3.05, 3.63) is 94.2 Å². The average Bonchev–Trinajstić information content (AvgIpc) is 3.43. The number of hydrazone groups is 1. The minimum atomic E-state index is -0.376. The molecule has 0 unspecified atom stereocenters.